The van der Waals surface area contributed by atoms with Gasteiger partial charge < -0.3 is 5.11 Å². The molecule has 0 aromatic heterocycles. The van der Waals surface area contributed by atoms with Crippen molar-refractivity contribution in [1.82, 2.24) is 0 Å². The summed E-state index contributed by atoms with van der Waals surface area (Å²) in [5, 5.41) is 11.7. The largest absolute Gasteiger partial charge is 0.507 e. The number of hydrogen-bond acceptors (Lipinski definition) is 1. The molecule has 1 atom stereocenters. The first-order valence-electron chi connectivity index (χ1n) is 9.20. The van der Waals surface area contributed by atoms with Crippen LogP contribution in [0.2, 0.25) is 5.02 Å². The smallest absolute Gasteiger partial charge is 0.123 e. The molecular weight excluding hydrogens is 340 g/mol. The molecule has 0 radical (unpaired) electrons. The van der Waals surface area contributed by atoms with Gasteiger partial charge in [0.1, 0.15) is 5.75 Å². The average molecular weight is 371 g/mol. The molecule has 0 bridgehead atoms. The van der Waals surface area contributed by atoms with Gasteiger partial charge in [-0.2, -0.15) is 0 Å². The highest BCUT2D eigenvalue weighted by atomic mass is 35.5. The predicted octanol–water partition coefficient (Wildman–Crippen LogP) is 7.35. The minimum atomic E-state index is -0.153. The van der Waals surface area contributed by atoms with Crippen LogP contribution in [0.4, 0.5) is 0 Å². The van der Waals surface area contributed by atoms with Crippen molar-refractivity contribution in [2.75, 3.05) is 0 Å². The highest BCUT2D eigenvalue weighted by Crippen LogP contribution is 2.43. The SMILES string of the molecule is C=CCC(c1cc(C(C)(C)C)c(O)c(C(C)(C)C)c1)c1ccccc1Cl. The average Bonchev–Trinajstić information content (AvgIpc) is 2.51. The second-order valence-electron chi connectivity index (χ2n) is 9.06. The van der Waals surface area contributed by atoms with Gasteiger partial charge in [0, 0.05) is 10.9 Å². The third kappa shape index (κ3) is 4.32. The topological polar surface area (TPSA) is 20.2 Å². The van der Waals surface area contributed by atoms with Crippen molar-refractivity contribution < 1.29 is 5.11 Å². The summed E-state index contributed by atoms with van der Waals surface area (Å²) >= 11 is 6.51. The van der Waals surface area contributed by atoms with Crippen molar-refractivity contribution in [2.45, 2.75) is 64.7 Å². The minimum Gasteiger partial charge on any atom is -0.507 e. The zero-order valence-electron chi connectivity index (χ0n) is 16.9. The number of halogens is 1. The van der Waals surface area contributed by atoms with Crippen molar-refractivity contribution in [1.29, 1.82) is 0 Å². The van der Waals surface area contributed by atoms with Crippen molar-refractivity contribution in [3.05, 3.63) is 76.3 Å². The van der Waals surface area contributed by atoms with E-state index in [-0.39, 0.29) is 16.7 Å². The molecule has 1 N–H and O–H groups in total. The third-order valence-electron chi connectivity index (χ3n) is 4.83. The molecule has 1 unspecified atom stereocenters. The summed E-state index contributed by atoms with van der Waals surface area (Å²) in [5.41, 5.74) is 3.91. The third-order valence-corrected chi connectivity index (χ3v) is 5.18. The fourth-order valence-electron chi connectivity index (χ4n) is 3.37. The highest BCUT2D eigenvalue weighted by Gasteiger charge is 2.28. The molecule has 140 valence electrons. The summed E-state index contributed by atoms with van der Waals surface area (Å²) in [6, 6.07) is 12.3. The molecule has 1 nitrogen and oxygen atoms in total. The van der Waals surface area contributed by atoms with Gasteiger partial charge in [0.2, 0.25) is 0 Å². The van der Waals surface area contributed by atoms with E-state index in [1.807, 2.05) is 24.3 Å². The summed E-state index contributed by atoms with van der Waals surface area (Å²) < 4.78 is 0. The van der Waals surface area contributed by atoms with E-state index in [0.29, 0.717) is 5.75 Å². The molecule has 0 spiro atoms. The molecule has 0 aliphatic carbocycles. The Morgan fingerprint density at radius 3 is 1.92 bits per heavy atom. The highest BCUT2D eigenvalue weighted by molar-refractivity contribution is 6.31. The first kappa shape index (κ1) is 20.6. The Morgan fingerprint density at radius 1 is 1.00 bits per heavy atom. The van der Waals surface area contributed by atoms with E-state index >= 15 is 0 Å². The standard InChI is InChI=1S/C24H31ClO/c1-8-11-17(18-12-9-10-13-21(18)25)16-14-19(23(2,3)4)22(26)20(15-16)24(5,6)7/h8-10,12-15,17,26H,1,11H2,2-7H3. The zero-order valence-corrected chi connectivity index (χ0v) is 17.6. The number of aromatic hydroxyl groups is 1. The number of hydrogen-bond donors (Lipinski definition) is 1. The van der Waals surface area contributed by atoms with Crippen molar-refractivity contribution in [3.63, 3.8) is 0 Å². The maximum atomic E-state index is 11.0. The molecule has 2 heteroatoms. The zero-order chi connectivity index (χ0) is 19.7. The van der Waals surface area contributed by atoms with Crippen LogP contribution in [0.25, 0.3) is 0 Å². The number of phenolic OH excluding ortho intramolecular Hbond substituents is 1. The second kappa shape index (κ2) is 7.48. The Bertz CT molecular complexity index is 756. The molecule has 2 aromatic rings. The van der Waals surface area contributed by atoms with Gasteiger partial charge in [-0.15, -0.1) is 6.58 Å². The van der Waals surface area contributed by atoms with Crippen LogP contribution in [0.3, 0.4) is 0 Å². The maximum absolute atomic E-state index is 11.0. The van der Waals surface area contributed by atoms with Gasteiger partial charge in [-0.1, -0.05) is 89.6 Å². The van der Waals surface area contributed by atoms with E-state index in [1.54, 1.807) is 0 Å². The first-order chi connectivity index (χ1) is 12.0. The van der Waals surface area contributed by atoms with Gasteiger partial charge >= 0.3 is 0 Å². The lowest BCUT2D eigenvalue weighted by Crippen LogP contribution is -2.18. The van der Waals surface area contributed by atoms with Crippen LogP contribution < -0.4 is 0 Å². The molecule has 0 fully saturated rings. The summed E-state index contributed by atoms with van der Waals surface area (Å²) in [4.78, 5) is 0. The summed E-state index contributed by atoms with van der Waals surface area (Å²) in [7, 11) is 0. The van der Waals surface area contributed by atoms with Gasteiger partial charge in [0.15, 0.2) is 0 Å². The fraction of sp³-hybridized carbons (Fsp3) is 0.417. The molecule has 26 heavy (non-hydrogen) atoms. The Labute approximate surface area is 163 Å². The van der Waals surface area contributed by atoms with E-state index in [9.17, 15) is 5.11 Å². The van der Waals surface area contributed by atoms with Gasteiger partial charge in [-0.3, -0.25) is 0 Å². The number of benzene rings is 2. The van der Waals surface area contributed by atoms with Gasteiger partial charge in [-0.25, -0.2) is 0 Å². The van der Waals surface area contributed by atoms with Crippen LogP contribution in [-0.2, 0) is 10.8 Å². The summed E-state index contributed by atoms with van der Waals surface area (Å²) in [6.07, 6.45) is 2.73. The van der Waals surface area contributed by atoms with E-state index in [1.165, 1.54) is 5.56 Å². The number of phenols is 1. The Morgan fingerprint density at radius 2 is 1.50 bits per heavy atom. The van der Waals surface area contributed by atoms with E-state index in [2.05, 4.69) is 66.3 Å². The minimum absolute atomic E-state index is 0.115. The molecule has 0 heterocycles. The van der Waals surface area contributed by atoms with Crippen LogP contribution in [0.15, 0.2) is 49.1 Å². The summed E-state index contributed by atoms with van der Waals surface area (Å²) in [6.45, 7) is 16.8. The molecule has 0 saturated heterocycles. The normalized spacial score (nSPS) is 13.5. The molecule has 0 amide bonds. The van der Waals surface area contributed by atoms with E-state index in [4.69, 9.17) is 11.6 Å². The van der Waals surface area contributed by atoms with Crippen LogP contribution >= 0.6 is 11.6 Å². The lowest BCUT2D eigenvalue weighted by molar-refractivity contribution is 0.422. The van der Waals surface area contributed by atoms with Crippen LogP contribution in [0.1, 0.15) is 76.1 Å². The molecule has 0 aliphatic heterocycles. The monoisotopic (exact) mass is 370 g/mol. The van der Waals surface area contributed by atoms with Gasteiger partial charge in [-0.05, 0) is 45.6 Å². The predicted molar refractivity (Wildman–Crippen MR) is 114 cm³/mol. The lowest BCUT2D eigenvalue weighted by Gasteiger charge is -2.30. The van der Waals surface area contributed by atoms with E-state index < -0.39 is 0 Å². The van der Waals surface area contributed by atoms with Crippen LogP contribution in [0, 0.1) is 0 Å². The van der Waals surface area contributed by atoms with Crippen LogP contribution in [0.5, 0.6) is 5.75 Å². The Kier molecular flexibility index (Phi) is 5.92. The van der Waals surface area contributed by atoms with Crippen molar-refractivity contribution in [3.8, 4) is 5.75 Å². The number of rotatable bonds is 4. The molecule has 0 saturated carbocycles. The van der Waals surface area contributed by atoms with E-state index in [0.717, 1.165) is 28.1 Å². The van der Waals surface area contributed by atoms with Crippen LogP contribution in [-0.4, -0.2) is 5.11 Å². The Hall–Kier alpha value is -1.73. The Balaban J connectivity index is 2.77. The lowest BCUT2D eigenvalue weighted by atomic mass is 9.76. The maximum Gasteiger partial charge on any atom is 0.123 e. The first-order valence-corrected chi connectivity index (χ1v) is 9.57. The quantitative estimate of drug-likeness (QED) is 0.557. The molecule has 2 aromatic carbocycles. The molecule has 2 rings (SSSR count). The second-order valence-corrected chi connectivity index (χ2v) is 9.47. The summed E-state index contributed by atoms with van der Waals surface area (Å²) in [5.74, 6) is 0.522. The van der Waals surface area contributed by atoms with Crippen molar-refractivity contribution >= 4 is 11.6 Å². The molecule has 0 aliphatic rings. The van der Waals surface area contributed by atoms with Gasteiger partial charge in [0.25, 0.3) is 0 Å². The number of allylic oxidation sites excluding steroid dienone is 1. The van der Waals surface area contributed by atoms with Gasteiger partial charge in [0.05, 0.1) is 0 Å². The fourth-order valence-corrected chi connectivity index (χ4v) is 3.64. The van der Waals surface area contributed by atoms with Crippen molar-refractivity contribution in [2.24, 2.45) is 0 Å². The molecular formula is C24H31ClO.